The number of nitrogens with zero attached hydrogens (tertiary/aromatic N) is 2. The summed E-state index contributed by atoms with van der Waals surface area (Å²) in [7, 11) is -3.58. The molecular weight excluding hydrogens is 358 g/mol. The van der Waals surface area contributed by atoms with E-state index in [1.807, 2.05) is 30.3 Å². The topological polar surface area (TPSA) is 72.0 Å². The smallest absolute Gasteiger partial charge is 0.240 e. The van der Waals surface area contributed by atoms with Crippen LogP contribution in [-0.4, -0.2) is 18.4 Å². The minimum atomic E-state index is -3.58. The third-order valence-corrected chi connectivity index (χ3v) is 5.71. The lowest BCUT2D eigenvalue weighted by atomic mass is 9.87. The minimum absolute atomic E-state index is 0.0177. The zero-order valence-corrected chi connectivity index (χ0v) is 16.5. The SMILES string of the molecule is CC(C)(C)c1ccc(S(=O)(=O)NCc2ccnc(-c3ccncc3)c2)cc1. The molecule has 140 valence electrons. The second-order valence-corrected chi connectivity index (χ2v) is 9.15. The molecule has 0 spiro atoms. The Morgan fingerprint density at radius 3 is 2.22 bits per heavy atom. The Balaban J connectivity index is 1.74. The highest BCUT2D eigenvalue weighted by Crippen LogP contribution is 2.23. The van der Waals surface area contributed by atoms with Crippen LogP contribution >= 0.6 is 0 Å². The van der Waals surface area contributed by atoms with Gasteiger partial charge in [-0.05, 0) is 52.9 Å². The number of nitrogens with one attached hydrogen (secondary N) is 1. The highest BCUT2D eigenvalue weighted by atomic mass is 32.2. The first-order valence-electron chi connectivity index (χ1n) is 8.71. The van der Waals surface area contributed by atoms with Crippen LogP contribution in [0.5, 0.6) is 0 Å². The molecule has 27 heavy (non-hydrogen) atoms. The second-order valence-electron chi connectivity index (χ2n) is 7.38. The molecule has 5 nitrogen and oxygen atoms in total. The molecule has 0 unspecified atom stereocenters. The number of sulfonamides is 1. The van der Waals surface area contributed by atoms with Gasteiger partial charge >= 0.3 is 0 Å². The molecule has 0 radical (unpaired) electrons. The number of rotatable bonds is 5. The van der Waals surface area contributed by atoms with Gasteiger partial charge in [-0.3, -0.25) is 9.97 Å². The first-order chi connectivity index (χ1) is 12.8. The number of hydrogen-bond acceptors (Lipinski definition) is 4. The largest absolute Gasteiger partial charge is 0.265 e. The molecule has 0 saturated carbocycles. The second kappa shape index (κ2) is 7.58. The zero-order valence-electron chi connectivity index (χ0n) is 15.7. The van der Waals surface area contributed by atoms with Crippen LogP contribution in [0.1, 0.15) is 31.9 Å². The van der Waals surface area contributed by atoms with E-state index in [9.17, 15) is 8.42 Å². The van der Waals surface area contributed by atoms with Gasteiger partial charge in [0.25, 0.3) is 0 Å². The fraction of sp³-hybridized carbons (Fsp3) is 0.238. The molecule has 6 heteroatoms. The van der Waals surface area contributed by atoms with Crippen molar-refractivity contribution in [1.82, 2.24) is 14.7 Å². The summed E-state index contributed by atoms with van der Waals surface area (Å²) in [5.41, 5.74) is 3.64. The Labute approximate surface area is 160 Å². The summed E-state index contributed by atoms with van der Waals surface area (Å²) in [6.45, 7) is 6.49. The van der Waals surface area contributed by atoms with Crippen molar-refractivity contribution < 1.29 is 8.42 Å². The van der Waals surface area contributed by atoms with Gasteiger partial charge in [-0.1, -0.05) is 32.9 Å². The van der Waals surface area contributed by atoms with Crippen molar-refractivity contribution in [3.8, 4) is 11.3 Å². The van der Waals surface area contributed by atoms with Crippen molar-refractivity contribution in [2.45, 2.75) is 37.6 Å². The van der Waals surface area contributed by atoms with Gasteiger partial charge in [0.05, 0.1) is 10.6 Å². The van der Waals surface area contributed by atoms with Gasteiger partial charge in [0.2, 0.25) is 10.0 Å². The fourth-order valence-electron chi connectivity index (χ4n) is 2.66. The molecule has 0 aliphatic heterocycles. The number of pyridine rings is 2. The van der Waals surface area contributed by atoms with E-state index in [0.29, 0.717) is 0 Å². The molecular formula is C21H23N3O2S. The van der Waals surface area contributed by atoms with Gasteiger partial charge in [-0.25, -0.2) is 13.1 Å². The molecule has 3 rings (SSSR count). The maximum atomic E-state index is 12.6. The summed E-state index contributed by atoms with van der Waals surface area (Å²) in [6, 6.07) is 14.4. The van der Waals surface area contributed by atoms with Crippen molar-refractivity contribution in [3.05, 3.63) is 78.2 Å². The van der Waals surface area contributed by atoms with E-state index in [-0.39, 0.29) is 16.9 Å². The molecule has 0 atom stereocenters. The lowest BCUT2D eigenvalue weighted by Gasteiger charge is -2.19. The minimum Gasteiger partial charge on any atom is -0.265 e. The maximum absolute atomic E-state index is 12.6. The van der Waals surface area contributed by atoms with Crippen LogP contribution in [0, 0.1) is 0 Å². The van der Waals surface area contributed by atoms with Crippen LogP contribution in [0.15, 0.2) is 72.0 Å². The van der Waals surface area contributed by atoms with Crippen LogP contribution in [0.3, 0.4) is 0 Å². The third-order valence-electron chi connectivity index (χ3n) is 4.30. The van der Waals surface area contributed by atoms with Crippen LogP contribution in [0.25, 0.3) is 11.3 Å². The van der Waals surface area contributed by atoms with Crippen molar-refractivity contribution >= 4 is 10.0 Å². The summed E-state index contributed by atoms with van der Waals surface area (Å²) in [5.74, 6) is 0. The lowest BCUT2D eigenvalue weighted by molar-refractivity contribution is 0.578. The molecule has 2 heterocycles. The highest BCUT2D eigenvalue weighted by Gasteiger charge is 2.17. The van der Waals surface area contributed by atoms with Crippen LogP contribution in [0.2, 0.25) is 0 Å². The Morgan fingerprint density at radius 2 is 1.59 bits per heavy atom. The van der Waals surface area contributed by atoms with Crippen LogP contribution in [0.4, 0.5) is 0 Å². The van der Waals surface area contributed by atoms with Gasteiger partial charge in [-0.2, -0.15) is 0 Å². The number of benzene rings is 1. The third kappa shape index (κ3) is 4.78. The molecule has 1 N–H and O–H groups in total. The van der Waals surface area contributed by atoms with E-state index in [4.69, 9.17) is 0 Å². The van der Waals surface area contributed by atoms with Crippen molar-refractivity contribution in [1.29, 1.82) is 0 Å². The Hall–Kier alpha value is -2.57. The molecule has 0 fully saturated rings. The van der Waals surface area contributed by atoms with Gasteiger partial charge in [0, 0.05) is 30.7 Å². The monoisotopic (exact) mass is 381 g/mol. The van der Waals surface area contributed by atoms with Gasteiger partial charge in [0.1, 0.15) is 0 Å². The Bertz CT molecular complexity index is 1010. The van der Waals surface area contributed by atoms with E-state index in [2.05, 4.69) is 35.5 Å². The predicted molar refractivity (Wildman–Crippen MR) is 107 cm³/mol. The maximum Gasteiger partial charge on any atom is 0.240 e. The summed E-state index contributed by atoms with van der Waals surface area (Å²) in [5, 5.41) is 0. The molecule has 0 amide bonds. The summed E-state index contributed by atoms with van der Waals surface area (Å²) in [4.78, 5) is 8.60. The Morgan fingerprint density at radius 1 is 0.926 bits per heavy atom. The molecule has 2 aromatic heterocycles. The average molecular weight is 382 g/mol. The quantitative estimate of drug-likeness (QED) is 0.727. The molecule has 1 aromatic carbocycles. The normalized spacial score (nSPS) is 12.1. The fourth-order valence-corrected chi connectivity index (χ4v) is 3.68. The first kappa shape index (κ1) is 19.2. The predicted octanol–water partition coefficient (Wildman–Crippen LogP) is 3.92. The van der Waals surface area contributed by atoms with Crippen molar-refractivity contribution in [2.24, 2.45) is 0 Å². The standard InChI is InChI=1S/C21H23N3O2S/c1-21(2,3)18-4-6-19(7-5-18)27(25,26)24-15-16-8-13-23-20(14-16)17-9-11-22-12-10-17/h4-14,24H,15H2,1-3H3. The lowest BCUT2D eigenvalue weighted by Crippen LogP contribution is -2.23. The van der Waals surface area contributed by atoms with Gasteiger partial charge in [-0.15, -0.1) is 0 Å². The van der Waals surface area contributed by atoms with E-state index in [0.717, 1.165) is 22.4 Å². The summed E-state index contributed by atoms with van der Waals surface area (Å²) >= 11 is 0. The molecule has 0 bridgehead atoms. The molecule has 3 aromatic rings. The first-order valence-corrected chi connectivity index (χ1v) is 10.2. The average Bonchev–Trinajstić information content (AvgIpc) is 2.67. The number of hydrogen-bond donors (Lipinski definition) is 1. The highest BCUT2D eigenvalue weighted by molar-refractivity contribution is 7.89. The number of aromatic nitrogens is 2. The van der Waals surface area contributed by atoms with Crippen LogP contribution < -0.4 is 4.72 Å². The molecule has 0 aliphatic carbocycles. The van der Waals surface area contributed by atoms with E-state index in [1.165, 1.54) is 0 Å². The van der Waals surface area contributed by atoms with E-state index >= 15 is 0 Å². The molecule has 0 saturated heterocycles. The van der Waals surface area contributed by atoms with Crippen molar-refractivity contribution in [2.75, 3.05) is 0 Å². The summed E-state index contributed by atoms with van der Waals surface area (Å²) in [6.07, 6.45) is 5.08. The van der Waals surface area contributed by atoms with E-state index < -0.39 is 10.0 Å². The van der Waals surface area contributed by atoms with Gasteiger partial charge in [0.15, 0.2) is 0 Å². The van der Waals surface area contributed by atoms with Gasteiger partial charge < -0.3 is 0 Å². The van der Waals surface area contributed by atoms with Crippen molar-refractivity contribution in [3.63, 3.8) is 0 Å². The van der Waals surface area contributed by atoms with Crippen LogP contribution in [-0.2, 0) is 22.0 Å². The summed E-state index contributed by atoms with van der Waals surface area (Å²) < 4.78 is 27.8. The molecule has 0 aliphatic rings. The Kier molecular flexibility index (Phi) is 5.39. The van der Waals surface area contributed by atoms with E-state index in [1.54, 1.807) is 36.8 Å². The zero-order chi connectivity index (χ0) is 19.5.